The zero-order valence-corrected chi connectivity index (χ0v) is 17.6. The molecule has 1 aliphatic heterocycles. The molecule has 1 fully saturated rings. The minimum absolute atomic E-state index is 0.0819. The molecule has 156 valence electrons. The summed E-state index contributed by atoms with van der Waals surface area (Å²) < 4.78 is 0. The molecule has 30 heavy (non-hydrogen) atoms. The molecule has 0 bridgehead atoms. The van der Waals surface area contributed by atoms with E-state index in [1.165, 1.54) is 12.8 Å². The highest BCUT2D eigenvalue weighted by atomic mass is 16.2. The number of nitrogens with one attached hydrogen (secondary N) is 1. The maximum absolute atomic E-state index is 13.3. The molecule has 5 heteroatoms. The molecule has 0 aromatic heterocycles. The fourth-order valence-electron chi connectivity index (χ4n) is 4.08. The maximum atomic E-state index is 13.3. The van der Waals surface area contributed by atoms with Crippen molar-refractivity contribution >= 4 is 23.3 Å². The highest BCUT2D eigenvalue weighted by molar-refractivity contribution is 6.09. The molecule has 5 nitrogen and oxygen atoms in total. The van der Waals surface area contributed by atoms with Crippen molar-refractivity contribution in [3.05, 3.63) is 65.2 Å². The Morgan fingerprint density at radius 3 is 2.47 bits per heavy atom. The van der Waals surface area contributed by atoms with Crippen LogP contribution in [0.2, 0.25) is 0 Å². The third kappa shape index (κ3) is 4.16. The van der Waals surface area contributed by atoms with Crippen LogP contribution in [0.15, 0.2) is 48.5 Å². The van der Waals surface area contributed by atoms with E-state index in [9.17, 15) is 14.4 Å². The molecule has 2 aliphatic rings. The van der Waals surface area contributed by atoms with E-state index < -0.39 is 0 Å². The molecule has 1 N–H and O–H groups in total. The van der Waals surface area contributed by atoms with Gasteiger partial charge in [0.05, 0.1) is 0 Å². The first kappa shape index (κ1) is 20.3. The van der Waals surface area contributed by atoms with Crippen LogP contribution in [0.5, 0.6) is 0 Å². The molecular formula is C25H28N2O3. The normalized spacial score (nSPS) is 21.0. The quantitative estimate of drug-likeness (QED) is 0.819. The number of ketones is 1. The molecule has 1 saturated carbocycles. The molecule has 1 aliphatic carbocycles. The molecule has 2 amide bonds. The predicted molar refractivity (Wildman–Crippen MR) is 117 cm³/mol. The van der Waals surface area contributed by atoms with Gasteiger partial charge >= 0.3 is 0 Å². The van der Waals surface area contributed by atoms with Crippen molar-refractivity contribution in [2.45, 2.75) is 45.6 Å². The summed E-state index contributed by atoms with van der Waals surface area (Å²) in [6.07, 6.45) is 3.77. The summed E-state index contributed by atoms with van der Waals surface area (Å²) in [5, 5.41) is 2.98. The molecule has 2 aromatic carbocycles. The maximum Gasteiger partial charge on any atom is 0.258 e. The lowest BCUT2D eigenvalue weighted by Gasteiger charge is -2.31. The third-order valence-corrected chi connectivity index (χ3v) is 6.38. The number of carbonyl (C=O) groups excluding carboxylic acids is 3. The van der Waals surface area contributed by atoms with Crippen LogP contribution in [-0.4, -0.2) is 30.2 Å². The second-order valence-corrected chi connectivity index (χ2v) is 8.54. The first-order valence-corrected chi connectivity index (χ1v) is 10.8. The topological polar surface area (TPSA) is 66.5 Å². The van der Waals surface area contributed by atoms with Gasteiger partial charge in [-0.25, -0.2) is 0 Å². The van der Waals surface area contributed by atoms with Crippen LogP contribution in [0.25, 0.3) is 0 Å². The number of Topliss-reactive ketones (excluding diaryl/α,β-unsaturated/α-hetero) is 1. The van der Waals surface area contributed by atoms with Gasteiger partial charge in [-0.3, -0.25) is 14.4 Å². The van der Waals surface area contributed by atoms with Gasteiger partial charge in [0, 0.05) is 41.7 Å². The lowest BCUT2D eigenvalue weighted by atomic mass is 9.95. The van der Waals surface area contributed by atoms with Crippen LogP contribution in [-0.2, 0) is 11.2 Å². The summed E-state index contributed by atoms with van der Waals surface area (Å²) in [5.41, 5.74) is 2.56. The Balaban J connectivity index is 1.64. The number of hydrogen-bond acceptors (Lipinski definition) is 3. The van der Waals surface area contributed by atoms with Crippen LogP contribution in [0.3, 0.4) is 0 Å². The van der Waals surface area contributed by atoms with Crippen molar-refractivity contribution in [3.63, 3.8) is 0 Å². The first-order chi connectivity index (χ1) is 14.5. The van der Waals surface area contributed by atoms with Gasteiger partial charge in [0.15, 0.2) is 0 Å². The van der Waals surface area contributed by atoms with Crippen molar-refractivity contribution in [2.24, 2.45) is 11.8 Å². The SMILES string of the molecule is CC1C(=O)Cc2cc(C(=O)NCCC3CC3)ccc2N(C(=O)c2ccccc2)C1C. The average Bonchev–Trinajstić information content (AvgIpc) is 3.59. The Morgan fingerprint density at radius 2 is 1.77 bits per heavy atom. The number of anilines is 1. The molecule has 2 aromatic rings. The summed E-state index contributed by atoms with van der Waals surface area (Å²) in [5.74, 6) is 0.291. The van der Waals surface area contributed by atoms with Gasteiger partial charge in [0.25, 0.3) is 11.8 Å². The molecule has 2 atom stereocenters. The fraction of sp³-hybridized carbons (Fsp3) is 0.400. The molecule has 0 radical (unpaired) electrons. The Morgan fingerprint density at radius 1 is 1.03 bits per heavy atom. The van der Waals surface area contributed by atoms with Gasteiger partial charge in [-0.05, 0) is 55.2 Å². The lowest BCUT2D eigenvalue weighted by molar-refractivity contribution is -0.121. The molecule has 1 heterocycles. The first-order valence-electron chi connectivity index (χ1n) is 10.8. The lowest BCUT2D eigenvalue weighted by Crippen LogP contribution is -2.43. The van der Waals surface area contributed by atoms with Gasteiger partial charge in [0.1, 0.15) is 5.78 Å². The predicted octanol–water partition coefficient (Wildman–Crippen LogP) is 4.01. The van der Waals surface area contributed by atoms with E-state index in [-0.39, 0.29) is 36.0 Å². The summed E-state index contributed by atoms with van der Waals surface area (Å²) >= 11 is 0. The fourth-order valence-corrected chi connectivity index (χ4v) is 4.08. The Hall–Kier alpha value is -2.95. The Kier molecular flexibility index (Phi) is 5.71. The Labute approximate surface area is 177 Å². The van der Waals surface area contributed by atoms with Gasteiger partial charge in [-0.1, -0.05) is 38.0 Å². The largest absolute Gasteiger partial charge is 0.352 e. The van der Waals surface area contributed by atoms with Crippen molar-refractivity contribution < 1.29 is 14.4 Å². The van der Waals surface area contributed by atoms with Gasteiger partial charge < -0.3 is 10.2 Å². The third-order valence-electron chi connectivity index (χ3n) is 6.38. The van der Waals surface area contributed by atoms with Crippen LogP contribution >= 0.6 is 0 Å². The standard InChI is InChI=1S/C25H28N2O3/c1-16-17(2)27(25(30)19-6-4-3-5-7-19)22-11-10-20(14-21(22)15-23(16)28)24(29)26-13-12-18-8-9-18/h3-7,10-11,14,16-18H,8-9,12-13,15H2,1-2H3,(H,26,29). The average molecular weight is 405 g/mol. The van der Waals surface area contributed by atoms with Crippen LogP contribution in [0, 0.1) is 11.8 Å². The molecule has 0 spiro atoms. The minimum Gasteiger partial charge on any atom is -0.352 e. The van der Waals surface area contributed by atoms with E-state index in [0.29, 0.717) is 23.4 Å². The number of hydrogen-bond donors (Lipinski definition) is 1. The van der Waals surface area contributed by atoms with Gasteiger partial charge in [0.2, 0.25) is 0 Å². The number of rotatable bonds is 5. The number of benzene rings is 2. The summed E-state index contributed by atoms with van der Waals surface area (Å²) in [4.78, 5) is 40.4. The van der Waals surface area contributed by atoms with E-state index >= 15 is 0 Å². The van der Waals surface area contributed by atoms with E-state index in [1.54, 1.807) is 29.2 Å². The smallest absolute Gasteiger partial charge is 0.258 e. The Bertz CT molecular complexity index is 966. The molecule has 2 unspecified atom stereocenters. The van der Waals surface area contributed by atoms with Crippen molar-refractivity contribution in [3.8, 4) is 0 Å². The number of carbonyl (C=O) groups is 3. The van der Waals surface area contributed by atoms with E-state index in [2.05, 4.69) is 5.32 Å². The van der Waals surface area contributed by atoms with E-state index in [4.69, 9.17) is 0 Å². The number of amides is 2. The van der Waals surface area contributed by atoms with E-state index in [0.717, 1.165) is 17.9 Å². The van der Waals surface area contributed by atoms with Crippen molar-refractivity contribution in [1.82, 2.24) is 5.32 Å². The van der Waals surface area contributed by atoms with E-state index in [1.807, 2.05) is 38.1 Å². The molecule has 4 rings (SSSR count). The zero-order valence-electron chi connectivity index (χ0n) is 17.6. The van der Waals surface area contributed by atoms with Gasteiger partial charge in [-0.15, -0.1) is 0 Å². The highest BCUT2D eigenvalue weighted by Gasteiger charge is 2.35. The molecule has 0 saturated heterocycles. The van der Waals surface area contributed by atoms with Crippen LogP contribution in [0.1, 0.15) is 59.4 Å². The van der Waals surface area contributed by atoms with Gasteiger partial charge in [-0.2, -0.15) is 0 Å². The summed E-state index contributed by atoms with van der Waals surface area (Å²) in [6.45, 7) is 4.46. The number of fused-ring (bicyclic) bond motifs is 1. The zero-order chi connectivity index (χ0) is 21.3. The monoisotopic (exact) mass is 404 g/mol. The van der Waals surface area contributed by atoms with Crippen LogP contribution in [0.4, 0.5) is 5.69 Å². The highest BCUT2D eigenvalue weighted by Crippen LogP contribution is 2.33. The number of nitrogens with zero attached hydrogens (tertiary/aromatic N) is 1. The second kappa shape index (κ2) is 8.42. The minimum atomic E-state index is -0.291. The summed E-state index contributed by atoms with van der Waals surface area (Å²) in [6, 6.07) is 14.2. The van der Waals surface area contributed by atoms with Crippen LogP contribution < -0.4 is 10.2 Å². The summed E-state index contributed by atoms with van der Waals surface area (Å²) in [7, 11) is 0. The van der Waals surface area contributed by atoms with Crippen molar-refractivity contribution in [1.29, 1.82) is 0 Å². The second-order valence-electron chi connectivity index (χ2n) is 8.54. The molecular weight excluding hydrogens is 376 g/mol. The van der Waals surface area contributed by atoms with Crippen molar-refractivity contribution in [2.75, 3.05) is 11.4 Å².